The van der Waals surface area contributed by atoms with Crippen molar-refractivity contribution < 1.29 is 32.4 Å². The SMILES string of the molecule is CCOC(=O)C1(C(CNS(C)(=O)=O)OC(=O)c2ccc([N+](=O)[O-])cc2)CC1. The first-order valence-corrected chi connectivity index (χ1v) is 10.1. The third kappa shape index (κ3) is 5.23. The van der Waals surface area contributed by atoms with Gasteiger partial charge in [0.25, 0.3) is 5.69 Å². The molecule has 1 fully saturated rings. The summed E-state index contributed by atoms with van der Waals surface area (Å²) < 4.78 is 35.5. The Morgan fingerprint density at radius 3 is 2.33 bits per heavy atom. The van der Waals surface area contributed by atoms with Gasteiger partial charge in [-0.25, -0.2) is 17.9 Å². The Morgan fingerprint density at radius 1 is 1.30 bits per heavy atom. The maximum absolute atomic E-state index is 12.4. The van der Waals surface area contributed by atoms with Crippen LogP contribution in [0.25, 0.3) is 0 Å². The number of ether oxygens (including phenoxy) is 2. The monoisotopic (exact) mass is 400 g/mol. The van der Waals surface area contributed by atoms with Crippen molar-refractivity contribution in [3.63, 3.8) is 0 Å². The average Bonchev–Trinajstić information content (AvgIpc) is 3.39. The topological polar surface area (TPSA) is 142 Å². The van der Waals surface area contributed by atoms with E-state index in [0.717, 1.165) is 18.4 Å². The van der Waals surface area contributed by atoms with E-state index in [9.17, 15) is 28.1 Å². The van der Waals surface area contributed by atoms with Crippen molar-refractivity contribution in [2.75, 3.05) is 19.4 Å². The van der Waals surface area contributed by atoms with Crippen LogP contribution in [0.4, 0.5) is 5.69 Å². The predicted octanol–water partition coefficient (Wildman–Crippen LogP) is 1.01. The number of nitrogens with zero attached hydrogens (tertiary/aromatic N) is 1. The summed E-state index contributed by atoms with van der Waals surface area (Å²) in [7, 11) is -3.57. The van der Waals surface area contributed by atoms with Gasteiger partial charge in [-0.2, -0.15) is 0 Å². The second-order valence-corrected chi connectivity index (χ2v) is 8.03. The fourth-order valence-electron chi connectivity index (χ4n) is 2.56. The van der Waals surface area contributed by atoms with Crippen LogP contribution in [-0.4, -0.2) is 50.8 Å². The molecule has 1 aromatic rings. The smallest absolute Gasteiger partial charge is 0.338 e. The number of benzene rings is 1. The minimum Gasteiger partial charge on any atom is -0.465 e. The normalized spacial score (nSPS) is 16.2. The molecule has 0 saturated heterocycles. The number of carbonyl (C=O) groups excluding carboxylic acids is 2. The van der Waals surface area contributed by atoms with Crippen LogP contribution in [0, 0.1) is 15.5 Å². The summed E-state index contributed by atoms with van der Waals surface area (Å²) in [6.45, 7) is 1.50. The van der Waals surface area contributed by atoms with Crippen molar-refractivity contribution in [2.24, 2.45) is 5.41 Å². The molecule has 1 atom stereocenters. The minimum absolute atomic E-state index is 0.0459. The zero-order chi connectivity index (χ0) is 20.2. The van der Waals surface area contributed by atoms with E-state index in [4.69, 9.17) is 9.47 Å². The Balaban J connectivity index is 2.19. The van der Waals surface area contributed by atoms with Gasteiger partial charge < -0.3 is 9.47 Å². The summed E-state index contributed by atoms with van der Waals surface area (Å²) in [5.41, 5.74) is -1.24. The molecule has 0 aromatic heterocycles. The van der Waals surface area contributed by atoms with Gasteiger partial charge in [0.2, 0.25) is 10.0 Å². The Labute approximate surface area is 156 Å². The molecular formula is C16H20N2O8S. The minimum atomic E-state index is -3.57. The number of nitro groups is 1. The third-order valence-corrected chi connectivity index (χ3v) is 4.87. The zero-order valence-electron chi connectivity index (χ0n) is 14.8. The van der Waals surface area contributed by atoms with Crippen molar-refractivity contribution in [3.05, 3.63) is 39.9 Å². The molecule has 0 amide bonds. The molecule has 0 radical (unpaired) electrons. The number of non-ortho nitro benzene ring substituents is 1. The van der Waals surface area contributed by atoms with Gasteiger partial charge in [-0.05, 0) is 31.9 Å². The lowest BCUT2D eigenvalue weighted by Gasteiger charge is -2.25. The predicted molar refractivity (Wildman–Crippen MR) is 93.4 cm³/mol. The molecule has 148 valence electrons. The Kier molecular flexibility index (Phi) is 6.16. The van der Waals surface area contributed by atoms with Gasteiger partial charge in [-0.15, -0.1) is 0 Å². The van der Waals surface area contributed by atoms with E-state index in [1.54, 1.807) is 6.92 Å². The van der Waals surface area contributed by atoms with Gasteiger partial charge in [0.15, 0.2) is 0 Å². The van der Waals surface area contributed by atoms with E-state index in [1.807, 2.05) is 0 Å². The molecule has 0 aliphatic heterocycles. The van der Waals surface area contributed by atoms with Crippen molar-refractivity contribution in [2.45, 2.75) is 25.9 Å². The van der Waals surface area contributed by atoms with Crippen LogP contribution in [0.2, 0.25) is 0 Å². The number of nitrogens with one attached hydrogen (secondary N) is 1. The van der Waals surface area contributed by atoms with Crippen LogP contribution in [0.1, 0.15) is 30.1 Å². The highest BCUT2D eigenvalue weighted by Gasteiger charge is 2.59. The third-order valence-electron chi connectivity index (χ3n) is 4.18. The molecule has 1 saturated carbocycles. The number of hydrogen-bond acceptors (Lipinski definition) is 8. The molecular weight excluding hydrogens is 380 g/mol. The highest BCUT2D eigenvalue weighted by molar-refractivity contribution is 7.88. The van der Waals surface area contributed by atoms with Gasteiger partial charge in [-0.3, -0.25) is 14.9 Å². The maximum Gasteiger partial charge on any atom is 0.338 e. The maximum atomic E-state index is 12.4. The van der Waals surface area contributed by atoms with E-state index < -0.39 is 38.4 Å². The summed E-state index contributed by atoms with van der Waals surface area (Å²) in [5, 5.41) is 10.7. The first kappa shape index (κ1) is 20.8. The van der Waals surface area contributed by atoms with Gasteiger partial charge in [0.1, 0.15) is 11.5 Å². The number of carbonyl (C=O) groups is 2. The summed E-state index contributed by atoms with van der Waals surface area (Å²) in [6.07, 6.45) is 0.686. The second kappa shape index (κ2) is 8.01. The van der Waals surface area contributed by atoms with Crippen LogP contribution >= 0.6 is 0 Å². The number of rotatable bonds is 9. The van der Waals surface area contributed by atoms with Crippen LogP contribution in [0.15, 0.2) is 24.3 Å². The Hall–Kier alpha value is -2.53. The summed E-state index contributed by atoms with van der Waals surface area (Å²) in [6, 6.07) is 4.76. The molecule has 0 spiro atoms. The summed E-state index contributed by atoms with van der Waals surface area (Å²) >= 11 is 0. The van der Waals surface area contributed by atoms with Crippen LogP contribution in [0.3, 0.4) is 0 Å². The largest absolute Gasteiger partial charge is 0.465 e. The van der Waals surface area contributed by atoms with Crippen LogP contribution < -0.4 is 4.72 Å². The molecule has 1 unspecified atom stereocenters. The van der Waals surface area contributed by atoms with Gasteiger partial charge in [0, 0.05) is 18.7 Å². The van der Waals surface area contributed by atoms with Gasteiger partial charge in [-0.1, -0.05) is 0 Å². The average molecular weight is 400 g/mol. The molecule has 1 aliphatic rings. The molecule has 11 heteroatoms. The first-order valence-electron chi connectivity index (χ1n) is 8.16. The molecule has 27 heavy (non-hydrogen) atoms. The van der Waals surface area contributed by atoms with Crippen LogP contribution in [-0.2, 0) is 24.3 Å². The zero-order valence-corrected chi connectivity index (χ0v) is 15.7. The summed E-state index contributed by atoms with van der Waals surface area (Å²) in [4.78, 5) is 34.7. The lowest BCUT2D eigenvalue weighted by atomic mass is 9.99. The van der Waals surface area contributed by atoms with Gasteiger partial charge >= 0.3 is 11.9 Å². The number of hydrogen-bond donors (Lipinski definition) is 1. The molecule has 2 rings (SSSR count). The van der Waals surface area contributed by atoms with Crippen molar-refractivity contribution >= 4 is 27.6 Å². The Bertz CT molecular complexity index is 830. The molecule has 1 aromatic carbocycles. The molecule has 1 aliphatic carbocycles. The van der Waals surface area contributed by atoms with E-state index in [0.29, 0.717) is 12.8 Å². The number of esters is 2. The lowest BCUT2D eigenvalue weighted by molar-refractivity contribution is -0.384. The van der Waals surface area contributed by atoms with Crippen molar-refractivity contribution in [1.29, 1.82) is 0 Å². The van der Waals surface area contributed by atoms with Crippen molar-refractivity contribution in [3.8, 4) is 0 Å². The fraction of sp³-hybridized carbons (Fsp3) is 0.500. The number of sulfonamides is 1. The molecule has 10 nitrogen and oxygen atoms in total. The standard InChI is InChI=1S/C16H20N2O8S/c1-3-25-15(20)16(8-9-16)13(10-17-27(2,23)24)26-14(19)11-4-6-12(7-5-11)18(21)22/h4-7,13,17H,3,8-10H2,1-2H3. The van der Waals surface area contributed by atoms with E-state index in [-0.39, 0.29) is 24.4 Å². The van der Waals surface area contributed by atoms with Crippen molar-refractivity contribution in [1.82, 2.24) is 4.72 Å². The van der Waals surface area contributed by atoms with Crippen LogP contribution in [0.5, 0.6) is 0 Å². The Morgan fingerprint density at radius 2 is 1.89 bits per heavy atom. The fourth-order valence-corrected chi connectivity index (χ4v) is 3.01. The molecule has 0 heterocycles. The highest BCUT2D eigenvalue weighted by Crippen LogP contribution is 2.51. The van der Waals surface area contributed by atoms with Gasteiger partial charge in [0.05, 0.1) is 23.3 Å². The van der Waals surface area contributed by atoms with E-state index >= 15 is 0 Å². The lowest BCUT2D eigenvalue weighted by Crippen LogP contribution is -2.43. The number of nitro benzene ring substituents is 1. The second-order valence-electron chi connectivity index (χ2n) is 6.20. The molecule has 1 N–H and O–H groups in total. The summed E-state index contributed by atoms with van der Waals surface area (Å²) in [5.74, 6) is -1.37. The van der Waals surface area contributed by atoms with E-state index in [2.05, 4.69) is 4.72 Å². The quantitative estimate of drug-likeness (QED) is 0.368. The van der Waals surface area contributed by atoms with E-state index in [1.165, 1.54) is 12.1 Å². The highest BCUT2D eigenvalue weighted by atomic mass is 32.2. The molecule has 0 bridgehead atoms. The first-order chi connectivity index (χ1) is 12.6.